The van der Waals surface area contributed by atoms with Crippen LogP contribution in [-0.2, 0) is 0 Å². The predicted molar refractivity (Wildman–Crippen MR) is 138 cm³/mol. The number of anilines is 1. The molecule has 0 saturated carbocycles. The van der Waals surface area contributed by atoms with Gasteiger partial charge in [0.25, 0.3) is 0 Å². The summed E-state index contributed by atoms with van der Waals surface area (Å²) in [6.45, 7) is 4.02. The second kappa shape index (κ2) is 8.66. The van der Waals surface area contributed by atoms with Crippen molar-refractivity contribution in [1.82, 2.24) is 14.9 Å². The van der Waals surface area contributed by atoms with Crippen LogP contribution in [0.1, 0.15) is 34.7 Å². The van der Waals surface area contributed by atoms with E-state index in [2.05, 4.69) is 16.4 Å². The molecule has 1 aliphatic rings. The van der Waals surface area contributed by atoms with Crippen LogP contribution in [0.2, 0.25) is 5.02 Å². The molecule has 0 radical (unpaired) electrons. The zero-order valence-corrected chi connectivity index (χ0v) is 20.2. The van der Waals surface area contributed by atoms with Crippen LogP contribution < -0.4 is 10.2 Å². The van der Waals surface area contributed by atoms with E-state index in [0.29, 0.717) is 21.5 Å². The van der Waals surface area contributed by atoms with Gasteiger partial charge in [-0.1, -0.05) is 29.8 Å². The van der Waals surface area contributed by atoms with Crippen LogP contribution in [0.5, 0.6) is 11.5 Å². The molecule has 1 saturated heterocycles. The first-order chi connectivity index (χ1) is 16.4. The van der Waals surface area contributed by atoms with Crippen LogP contribution in [0.15, 0.2) is 72.9 Å². The van der Waals surface area contributed by atoms with Crippen molar-refractivity contribution >= 4 is 34.6 Å². The van der Waals surface area contributed by atoms with E-state index in [1.54, 1.807) is 36.5 Å². The fourth-order valence-corrected chi connectivity index (χ4v) is 5.24. The highest BCUT2D eigenvalue weighted by Gasteiger charge is 2.43. The molecule has 2 aromatic heterocycles. The topological polar surface area (TPSA) is 73.5 Å². The number of rotatable bonds is 4. The summed E-state index contributed by atoms with van der Waals surface area (Å²) in [7, 11) is 0. The minimum Gasteiger partial charge on any atom is -0.506 e. The number of pyridine rings is 1. The third kappa shape index (κ3) is 3.67. The molecule has 0 bridgehead atoms. The van der Waals surface area contributed by atoms with E-state index in [1.165, 1.54) is 0 Å². The average molecular weight is 491 g/mol. The molecule has 5 rings (SSSR count). The van der Waals surface area contributed by atoms with Crippen LogP contribution in [0.4, 0.5) is 5.69 Å². The first kappa shape index (κ1) is 22.3. The fourth-order valence-electron chi connectivity index (χ4n) is 4.73. The maximum absolute atomic E-state index is 10.7. The van der Waals surface area contributed by atoms with Gasteiger partial charge < -0.3 is 25.0 Å². The van der Waals surface area contributed by atoms with Crippen molar-refractivity contribution in [2.75, 3.05) is 4.90 Å². The van der Waals surface area contributed by atoms with E-state index >= 15 is 0 Å². The molecule has 2 atom stereocenters. The Balaban J connectivity index is 1.72. The van der Waals surface area contributed by atoms with E-state index in [0.717, 1.165) is 22.6 Å². The molecule has 2 aromatic carbocycles. The summed E-state index contributed by atoms with van der Waals surface area (Å²) in [4.78, 5) is 6.48. The van der Waals surface area contributed by atoms with Gasteiger partial charge in [-0.2, -0.15) is 0 Å². The van der Waals surface area contributed by atoms with Gasteiger partial charge in [0.2, 0.25) is 0 Å². The van der Waals surface area contributed by atoms with Gasteiger partial charge in [-0.05, 0) is 80.2 Å². The summed E-state index contributed by atoms with van der Waals surface area (Å²) in [5.41, 5.74) is 4.93. The maximum Gasteiger partial charge on any atom is 0.174 e. The third-order valence-electron chi connectivity index (χ3n) is 6.21. The third-order valence-corrected chi connectivity index (χ3v) is 6.76. The van der Waals surface area contributed by atoms with E-state index in [1.807, 2.05) is 53.6 Å². The van der Waals surface area contributed by atoms with E-state index < -0.39 is 0 Å². The zero-order chi connectivity index (χ0) is 24.0. The van der Waals surface area contributed by atoms with Crippen LogP contribution in [0.3, 0.4) is 0 Å². The van der Waals surface area contributed by atoms with Crippen LogP contribution >= 0.6 is 23.8 Å². The molecule has 34 heavy (non-hydrogen) atoms. The van der Waals surface area contributed by atoms with Crippen LogP contribution in [0, 0.1) is 13.8 Å². The van der Waals surface area contributed by atoms with Gasteiger partial charge in [-0.3, -0.25) is 4.98 Å². The Labute approximate surface area is 208 Å². The molecule has 0 unspecified atom stereocenters. The minimum atomic E-state index is -0.322. The molecule has 6 nitrogen and oxygen atoms in total. The van der Waals surface area contributed by atoms with Crippen LogP contribution in [-0.4, -0.2) is 24.9 Å². The van der Waals surface area contributed by atoms with Gasteiger partial charge in [-0.15, -0.1) is 0 Å². The Bertz CT molecular complexity index is 1390. The van der Waals surface area contributed by atoms with E-state index in [-0.39, 0.29) is 23.6 Å². The van der Waals surface area contributed by atoms with Crippen molar-refractivity contribution in [3.8, 4) is 17.2 Å². The van der Waals surface area contributed by atoms with Gasteiger partial charge >= 0.3 is 0 Å². The first-order valence-corrected chi connectivity index (χ1v) is 11.6. The molecular formula is C26H23ClN4O2S. The Morgan fingerprint density at radius 2 is 1.68 bits per heavy atom. The summed E-state index contributed by atoms with van der Waals surface area (Å²) < 4.78 is 2.03. The molecule has 0 spiro atoms. The molecule has 0 amide bonds. The number of halogens is 1. The summed E-state index contributed by atoms with van der Waals surface area (Å²) >= 11 is 12.1. The normalized spacial score (nSPS) is 17.7. The summed E-state index contributed by atoms with van der Waals surface area (Å²) in [5.74, 6) is 0.274. The SMILES string of the molecule is Cc1cc([C@@H]2[C@H](c3ccccn3)NC(=S)N2c2cc(Cl)ccc2O)c(C)n1-c1ccccc1O. The number of benzene rings is 2. The Kier molecular flexibility index (Phi) is 5.67. The largest absolute Gasteiger partial charge is 0.506 e. The predicted octanol–water partition coefficient (Wildman–Crippen LogP) is 5.73. The summed E-state index contributed by atoms with van der Waals surface area (Å²) in [5, 5.41) is 25.6. The number of aromatic hydroxyl groups is 2. The number of thiocarbonyl (C=S) groups is 1. The van der Waals surface area contributed by atoms with Crippen LogP contribution in [0.25, 0.3) is 5.69 Å². The fraction of sp³-hybridized carbons (Fsp3) is 0.154. The van der Waals surface area contributed by atoms with Gasteiger partial charge in [0.15, 0.2) is 5.11 Å². The Hall–Kier alpha value is -3.55. The number of nitrogens with one attached hydrogen (secondary N) is 1. The van der Waals surface area contributed by atoms with Crippen molar-refractivity contribution in [2.45, 2.75) is 25.9 Å². The highest BCUT2D eigenvalue weighted by molar-refractivity contribution is 7.80. The quantitative estimate of drug-likeness (QED) is 0.317. The summed E-state index contributed by atoms with van der Waals surface area (Å²) in [6.07, 6.45) is 1.75. The number of hydrogen-bond acceptors (Lipinski definition) is 4. The lowest BCUT2D eigenvalue weighted by molar-refractivity contribution is 0.471. The standard InChI is InChI=1S/C26H23ClN4O2S/c1-15-13-18(16(2)30(15)20-8-3-4-9-22(20)32)25-24(19-7-5-6-12-28-19)29-26(34)31(25)21-14-17(27)10-11-23(21)33/h3-14,24-25,32-33H,1-2H3,(H,29,34)/t24-,25+/m0/s1. The molecule has 172 valence electrons. The monoisotopic (exact) mass is 490 g/mol. The Morgan fingerprint density at radius 1 is 0.941 bits per heavy atom. The highest BCUT2D eigenvalue weighted by atomic mass is 35.5. The van der Waals surface area contributed by atoms with Gasteiger partial charge in [0.1, 0.15) is 11.5 Å². The lowest BCUT2D eigenvalue weighted by atomic mass is 9.96. The van der Waals surface area contributed by atoms with Crippen molar-refractivity contribution in [1.29, 1.82) is 0 Å². The van der Waals surface area contributed by atoms with Gasteiger partial charge in [0, 0.05) is 22.6 Å². The highest BCUT2D eigenvalue weighted by Crippen LogP contribution is 2.46. The Morgan fingerprint density at radius 3 is 2.41 bits per heavy atom. The van der Waals surface area contributed by atoms with E-state index in [4.69, 9.17) is 23.8 Å². The number of nitrogens with zero attached hydrogens (tertiary/aromatic N) is 3. The number of hydrogen-bond donors (Lipinski definition) is 3. The molecule has 0 aliphatic carbocycles. The molecule has 1 aliphatic heterocycles. The second-order valence-corrected chi connectivity index (χ2v) is 9.10. The minimum absolute atomic E-state index is 0.0785. The number of para-hydroxylation sites is 2. The molecule has 4 aromatic rings. The lowest BCUT2D eigenvalue weighted by Gasteiger charge is -2.28. The second-order valence-electron chi connectivity index (χ2n) is 8.28. The van der Waals surface area contributed by atoms with Gasteiger partial charge in [0.05, 0.1) is 29.2 Å². The number of phenols is 2. The van der Waals surface area contributed by atoms with Crippen molar-refractivity contribution < 1.29 is 10.2 Å². The van der Waals surface area contributed by atoms with Crippen molar-refractivity contribution in [3.05, 3.63) is 101 Å². The van der Waals surface area contributed by atoms with Crippen molar-refractivity contribution in [2.24, 2.45) is 0 Å². The van der Waals surface area contributed by atoms with Crippen molar-refractivity contribution in [3.63, 3.8) is 0 Å². The molecule has 3 heterocycles. The average Bonchev–Trinajstić information content (AvgIpc) is 3.32. The lowest BCUT2D eigenvalue weighted by Crippen LogP contribution is -2.29. The molecular weight excluding hydrogens is 468 g/mol. The maximum atomic E-state index is 10.7. The summed E-state index contributed by atoms with van der Waals surface area (Å²) in [6, 6.07) is 19.4. The number of aromatic nitrogens is 2. The number of phenolic OH excluding ortho intramolecular Hbond substituents is 2. The molecule has 1 fully saturated rings. The molecule has 8 heteroatoms. The smallest absolute Gasteiger partial charge is 0.174 e. The first-order valence-electron chi connectivity index (χ1n) is 10.8. The van der Waals surface area contributed by atoms with Gasteiger partial charge in [-0.25, -0.2) is 0 Å². The van der Waals surface area contributed by atoms with E-state index in [9.17, 15) is 10.2 Å². The number of aryl methyl sites for hydroxylation is 1. The zero-order valence-electron chi connectivity index (χ0n) is 18.6. The molecule has 3 N–H and O–H groups in total.